The van der Waals surface area contributed by atoms with E-state index in [9.17, 15) is 16.4 Å². The highest BCUT2D eigenvalue weighted by Gasteiger charge is 2.23. The molecule has 0 aliphatic heterocycles. The lowest BCUT2D eigenvalue weighted by Crippen LogP contribution is -2.10. The third-order valence-corrected chi connectivity index (χ3v) is 8.18. The molecule has 9 aromatic carbocycles. The van der Waals surface area contributed by atoms with E-state index < -0.39 is 282 Å². The van der Waals surface area contributed by atoms with Gasteiger partial charge in [0.15, 0.2) is 0 Å². The Morgan fingerprint density at radius 2 is 0.944 bits per heavy atom. The van der Waals surface area contributed by atoms with Crippen molar-refractivity contribution in [3.05, 3.63) is 212 Å². The maximum atomic E-state index is 10.4. The first-order valence-electron chi connectivity index (χ1n) is 31.4. The quantitative estimate of drug-likeness (QED) is 0.163. The summed E-state index contributed by atoms with van der Waals surface area (Å²) in [4.78, 5) is 0.427. The zero-order valence-electron chi connectivity index (χ0n) is 58.2. The van der Waals surface area contributed by atoms with E-state index in [1.165, 1.54) is 0 Å². The van der Waals surface area contributed by atoms with Crippen molar-refractivity contribution in [2.45, 2.75) is 0 Å². The molecule has 10 aromatic rings. The molecule has 1 aromatic heterocycles. The smallest absolute Gasteiger partial charge is 0.143 e. The highest BCUT2D eigenvalue weighted by atomic mass is 16.3. The molecule has 2 heteroatoms. The van der Waals surface area contributed by atoms with Crippen molar-refractivity contribution in [2.75, 3.05) is 4.90 Å². The van der Waals surface area contributed by atoms with E-state index in [1.54, 1.807) is 0 Å². The van der Waals surface area contributed by atoms with Crippen LogP contribution in [0.15, 0.2) is 216 Å². The third kappa shape index (κ3) is 5.62. The Hall–Kier alpha value is -7.16. The van der Waals surface area contributed by atoms with E-state index in [-0.39, 0.29) is 0 Å². The summed E-state index contributed by atoms with van der Waals surface area (Å²) >= 11 is 0. The standard InChI is InChI=1S/C52H35NO/c1-5-15-36(16-6-1)39-25-29-43(30-26-39)53(44-31-27-40(28-32-44)37-17-7-2-8-18-37)49-33-42(38-19-9-3-10-20-38)34-50-51(49)48-35-47(41-21-11-4-12-22-41)45-23-13-14-24-46(45)52(48)54-50/h1-35H/i1D,2D,3D,4D,5D,6D,7D,9D,11D,12D,13D,14D,15D,17D,18D,19D,20D,21D,22D,24D,25D,26D,27D,28D,29D,30D,31D,32D,33D,34D,35D. The van der Waals surface area contributed by atoms with Crippen molar-refractivity contribution in [2.24, 2.45) is 0 Å². The van der Waals surface area contributed by atoms with Gasteiger partial charge in [-0.3, -0.25) is 0 Å². The Bertz CT molecular complexity index is 4660. The van der Waals surface area contributed by atoms with E-state index >= 15 is 0 Å². The lowest BCUT2D eigenvalue weighted by Gasteiger charge is -2.27. The molecule has 0 bridgehead atoms. The summed E-state index contributed by atoms with van der Waals surface area (Å²) in [7, 11) is 0. The van der Waals surface area contributed by atoms with Gasteiger partial charge in [-0.25, -0.2) is 0 Å². The Morgan fingerprint density at radius 3 is 1.67 bits per heavy atom. The average molecular weight is 721 g/mol. The van der Waals surface area contributed by atoms with Crippen molar-refractivity contribution in [3.8, 4) is 44.5 Å². The van der Waals surface area contributed by atoms with E-state index in [4.69, 9.17) is 30.5 Å². The summed E-state index contributed by atoms with van der Waals surface area (Å²) in [6.07, 6.45) is 0. The Morgan fingerprint density at radius 1 is 0.389 bits per heavy atom. The van der Waals surface area contributed by atoms with Crippen LogP contribution >= 0.6 is 0 Å². The summed E-state index contributed by atoms with van der Waals surface area (Å²) in [6, 6.07) is -26.0. The highest BCUT2D eigenvalue weighted by molar-refractivity contribution is 6.23. The fraction of sp³-hybridized carbons (Fsp3) is 0. The Labute approximate surface area is 358 Å². The molecule has 0 radical (unpaired) electrons. The minimum Gasteiger partial charge on any atom is -0.455 e. The molecule has 0 unspecified atom stereocenters. The van der Waals surface area contributed by atoms with Crippen LogP contribution in [0.1, 0.15) is 42.5 Å². The molecule has 0 atom stereocenters. The van der Waals surface area contributed by atoms with Crippen LogP contribution in [0.3, 0.4) is 0 Å². The molecule has 0 saturated carbocycles. The van der Waals surface area contributed by atoms with Crippen molar-refractivity contribution < 1.29 is 46.9 Å². The number of furan rings is 1. The summed E-state index contributed by atoms with van der Waals surface area (Å²) in [5.74, 6) is 0. The van der Waals surface area contributed by atoms with Crippen LogP contribution < -0.4 is 4.90 Å². The maximum Gasteiger partial charge on any atom is 0.143 e. The minimum atomic E-state index is -1.26. The number of fused-ring (bicyclic) bond motifs is 5. The van der Waals surface area contributed by atoms with Gasteiger partial charge in [0.2, 0.25) is 0 Å². The Kier molecular flexibility index (Phi) is 3.25. The number of rotatable bonds is 7. The number of hydrogen-bond acceptors (Lipinski definition) is 2. The number of hydrogen-bond donors (Lipinski definition) is 0. The zero-order valence-corrected chi connectivity index (χ0v) is 27.2. The lowest BCUT2D eigenvalue weighted by molar-refractivity contribution is 0.673. The fourth-order valence-corrected chi connectivity index (χ4v) is 5.82. The van der Waals surface area contributed by atoms with Gasteiger partial charge in [0.05, 0.1) is 53.6 Å². The second-order valence-corrected chi connectivity index (χ2v) is 11.3. The molecule has 0 aliphatic carbocycles. The third-order valence-electron chi connectivity index (χ3n) is 8.18. The number of benzene rings is 9. The van der Waals surface area contributed by atoms with Gasteiger partial charge < -0.3 is 9.32 Å². The highest BCUT2D eigenvalue weighted by Crippen LogP contribution is 2.48. The molecule has 0 spiro atoms. The minimum absolute atomic E-state index is 0.426. The van der Waals surface area contributed by atoms with Crippen LogP contribution in [-0.4, -0.2) is 0 Å². The first kappa shape index (κ1) is 13.1. The second kappa shape index (κ2) is 13.4. The van der Waals surface area contributed by atoms with Crippen molar-refractivity contribution >= 4 is 49.8 Å². The van der Waals surface area contributed by atoms with Crippen LogP contribution in [0.5, 0.6) is 0 Å². The lowest BCUT2D eigenvalue weighted by atomic mass is 9.94. The molecule has 54 heavy (non-hydrogen) atoms. The first-order valence-corrected chi connectivity index (χ1v) is 15.9. The monoisotopic (exact) mass is 720 g/mol. The summed E-state index contributed by atoms with van der Waals surface area (Å²) in [5.41, 5.74) is -10.9. The largest absolute Gasteiger partial charge is 0.455 e. The van der Waals surface area contributed by atoms with Crippen molar-refractivity contribution in [3.63, 3.8) is 0 Å². The molecule has 254 valence electrons. The Balaban J connectivity index is 1.54. The zero-order chi connectivity index (χ0) is 62.8. The van der Waals surface area contributed by atoms with Gasteiger partial charge in [-0.1, -0.05) is 169 Å². The van der Waals surface area contributed by atoms with Crippen LogP contribution in [0.25, 0.3) is 77.2 Å². The maximum absolute atomic E-state index is 10.4. The molecule has 1 heterocycles. The topological polar surface area (TPSA) is 16.4 Å². The summed E-state index contributed by atoms with van der Waals surface area (Å²) in [6.45, 7) is 0. The predicted molar refractivity (Wildman–Crippen MR) is 228 cm³/mol. The van der Waals surface area contributed by atoms with E-state index in [0.29, 0.717) is 4.90 Å². The van der Waals surface area contributed by atoms with Crippen LogP contribution in [0.2, 0.25) is 0 Å². The summed E-state index contributed by atoms with van der Waals surface area (Å²) < 4.78 is 287. The van der Waals surface area contributed by atoms with E-state index in [0.717, 1.165) is 24.3 Å². The molecule has 0 amide bonds. The molecular formula is C52H35NO. The average Bonchev–Trinajstić information content (AvgIpc) is 1.74. The van der Waals surface area contributed by atoms with E-state index in [1.807, 2.05) is 0 Å². The molecule has 0 aliphatic rings. The molecule has 2 nitrogen and oxygen atoms in total. The van der Waals surface area contributed by atoms with Crippen molar-refractivity contribution in [1.82, 2.24) is 0 Å². The fourth-order valence-electron chi connectivity index (χ4n) is 5.82. The van der Waals surface area contributed by atoms with Crippen LogP contribution in [-0.2, 0) is 0 Å². The predicted octanol–water partition coefficient (Wildman–Crippen LogP) is 14.9. The number of anilines is 3. The van der Waals surface area contributed by atoms with Gasteiger partial charge >= 0.3 is 0 Å². The molecule has 10 rings (SSSR count). The normalized spacial score (nSPS) is 19.4. The van der Waals surface area contributed by atoms with Gasteiger partial charge in [0, 0.05) is 22.1 Å². The van der Waals surface area contributed by atoms with Gasteiger partial charge in [0.25, 0.3) is 0 Å². The van der Waals surface area contributed by atoms with Gasteiger partial charge in [-0.05, 0) is 92.2 Å². The van der Waals surface area contributed by atoms with E-state index in [2.05, 4.69) is 0 Å². The SMILES string of the molecule is [2H]c1cc(-c2c([2H])c([2H])c(N(c3c([2H])c([2H])c(-c4c([2H])cc([2H])c([2H])c4[2H])c([2H])c3[2H])c3c([2H])c(-c4c([2H])cc([2H])c([2H])c4[2H])c([2H])c4oc5c6c([2H])c([2H])c([2H])cc6c(-c6c([2H])c([2H])c([2H])c([2H])c6[2H])c([2H])c5c34)c([2H])c2[2H])c([2H])c([2H])c1[2H]. The van der Waals surface area contributed by atoms with Gasteiger partial charge in [-0.2, -0.15) is 0 Å². The second-order valence-electron chi connectivity index (χ2n) is 11.3. The van der Waals surface area contributed by atoms with Crippen LogP contribution in [0, 0.1) is 0 Å². The van der Waals surface area contributed by atoms with Gasteiger partial charge in [-0.15, -0.1) is 0 Å². The summed E-state index contributed by atoms with van der Waals surface area (Å²) in [5, 5.41) is -2.53. The number of nitrogens with zero attached hydrogens (tertiary/aromatic N) is 1. The first-order chi connectivity index (χ1) is 39.6. The molecule has 0 N–H and O–H groups in total. The molecule has 0 fully saturated rings. The van der Waals surface area contributed by atoms with Gasteiger partial charge in [0.1, 0.15) is 11.2 Å². The van der Waals surface area contributed by atoms with Crippen LogP contribution in [0.4, 0.5) is 17.1 Å². The molecule has 0 saturated heterocycles. The van der Waals surface area contributed by atoms with Crippen molar-refractivity contribution in [1.29, 1.82) is 0 Å². The molecular weight excluding hydrogens is 655 g/mol.